The lowest BCUT2D eigenvalue weighted by Gasteiger charge is -2.18. The smallest absolute Gasteiger partial charge is 0.189 e. The highest BCUT2D eigenvalue weighted by atomic mass is 16.1. The number of para-hydroxylation sites is 1. The highest BCUT2D eigenvalue weighted by Crippen LogP contribution is 2.13. The molecule has 1 aromatic carbocycles. The molecule has 1 aliphatic rings. The topological polar surface area (TPSA) is 25.2 Å². The molecule has 1 fully saturated rings. The molecule has 0 bridgehead atoms. The maximum atomic E-state index is 11.7. The van der Waals surface area contributed by atoms with Crippen molar-refractivity contribution in [2.75, 3.05) is 13.1 Å². The Morgan fingerprint density at radius 3 is 2.65 bits per heavy atom. The summed E-state index contributed by atoms with van der Waals surface area (Å²) in [4.78, 5) is 14.2. The molecule has 0 radical (unpaired) electrons. The maximum Gasteiger partial charge on any atom is 0.189 e. The summed E-state index contributed by atoms with van der Waals surface area (Å²) in [6.07, 6.45) is 4.49. The zero-order valence-corrected chi connectivity index (χ0v) is 9.80. The van der Waals surface area contributed by atoms with Crippen molar-refractivity contribution in [3.8, 4) is 0 Å². The zero-order valence-electron chi connectivity index (χ0n) is 9.80. The number of rotatable bonds is 2. The summed E-state index contributed by atoms with van der Waals surface area (Å²) in [5.74, 6) is 0. The third-order valence-corrected chi connectivity index (χ3v) is 3.44. The van der Waals surface area contributed by atoms with Gasteiger partial charge in [-0.2, -0.15) is 0 Å². The molecule has 0 amide bonds. The highest BCUT2D eigenvalue weighted by molar-refractivity contribution is 5.78. The summed E-state index contributed by atoms with van der Waals surface area (Å²) in [6, 6.07) is 9.50. The van der Waals surface area contributed by atoms with E-state index >= 15 is 0 Å². The number of pyridine rings is 1. The number of benzene rings is 1. The molecule has 3 rings (SSSR count). The summed E-state index contributed by atoms with van der Waals surface area (Å²) < 4.78 is 2.17. The largest absolute Gasteiger partial charge is 0.334 e. The quantitative estimate of drug-likeness (QED) is 0.786. The Kier molecular flexibility index (Phi) is 2.69. The van der Waals surface area contributed by atoms with Crippen molar-refractivity contribution < 1.29 is 0 Å². The number of aromatic nitrogens is 1. The van der Waals surface area contributed by atoms with E-state index in [9.17, 15) is 4.79 Å². The predicted octanol–water partition coefficient (Wildman–Crippen LogP) is 2.05. The standard InChI is InChI=1S/C14H16N2O/c17-14-7-10-16(11-15-8-3-4-9-15)13-6-2-1-5-12(13)14/h1-2,5-7,10H,3-4,8-9,11H2. The van der Waals surface area contributed by atoms with Crippen LogP contribution in [0.25, 0.3) is 10.9 Å². The number of fused-ring (bicyclic) bond motifs is 1. The molecule has 88 valence electrons. The summed E-state index contributed by atoms with van der Waals surface area (Å²) in [5.41, 5.74) is 1.14. The highest BCUT2D eigenvalue weighted by Gasteiger charge is 2.12. The van der Waals surface area contributed by atoms with Gasteiger partial charge in [0.2, 0.25) is 0 Å². The fourth-order valence-electron chi connectivity index (χ4n) is 2.52. The van der Waals surface area contributed by atoms with Gasteiger partial charge in [-0.3, -0.25) is 9.69 Å². The van der Waals surface area contributed by atoms with Crippen molar-refractivity contribution >= 4 is 10.9 Å². The van der Waals surface area contributed by atoms with Gasteiger partial charge in [-0.25, -0.2) is 0 Å². The Hall–Kier alpha value is -1.61. The third-order valence-electron chi connectivity index (χ3n) is 3.44. The number of hydrogen-bond donors (Lipinski definition) is 0. The Morgan fingerprint density at radius 2 is 1.82 bits per heavy atom. The van der Waals surface area contributed by atoms with Gasteiger partial charge in [-0.1, -0.05) is 12.1 Å². The van der Waals surface area contributed by atoms with Crippen LogP contribution in [0.15, 0.2) is 41.3 Å². The van der Waals surface area contributed by atoms with Gasteiger partial charge >= 0.3 is 0 Å². The second-order valence-corrected chi connectivity index (χ2v) is 4.63. The van der Waals surface area contributed by atoms with Crippen molar-refractivity contribution in [3.63, 3.8) is 0 Å². The number of nitrogens with zero attached hydrogens (tertiary/aromatic N) is 2. The SMILES string of the molecule is O=c1ccn(CN2CCCC2)c2ccccc12. The van der Waals surface area contributed by atoms with Crippen LogP contribution < -0.4 is 5.43 Å². The Labute approximate surface area is 100 Å². The molecule has 1 aromatic heterocycles. The molecule has 17 heavy (non-hydrogen) atoms. The van der Waals surface area contributed by atoms with Crippen LogP contribution in [0.2, 0.25) is 0 Å². The number of likely N-dealkylation sites (tertiary alicyclic amines) is 1. The first-order valence-corrected chi connectivity index (χ1v) is 6.15. The molecular weight excluding hydrogens is 212 g/mol. The van der Waals surface area contributed by atoms with Crippen LogP contribution in [0.4, 0.5) is 0 Å². The van der Waals surface area contributed by atoms with Gasteiger partial charge in [0.15, 0.2) is 5.43 Å². The molecule has 2 aromatic rings. The first-order chi connectivity index (χ1) is 8.34. The van der Waals surface area contributed by atoms with Gasteiger partial charge < -0.3 is 4.57 Å². The van der Waals surface area contributed by atoms with Crippen LogP contribution in [0.5, 0.6) is 0 Å². The van der Waals surface area contributed by atoms with E-state index in [4.69, 9.17) is 0 Å². The molecule has 0 aliphatic carbocycles. The monoisotopic (exact) mass is 228 g/mol. The molecule has 0 atom stereocenters. The minimum Gasteiger partial charge on any atom is -0.334 e. The van der Waals surface area contributed by atoms with E-state index in [1.54, 1.807) is 6.07 Å². The summed E-state index contributed by atoms with van der Waals surface area (Å²) in [6.45, 7) is 3.22. The lowest BCUT2D eigenvalue weighted by atomic mass is 10.2. The van der Waals surface area contributed by atoms with Crippen LogP contribution in [0.3, 0.4) is 0 Å². The molecule has 0 saturated carbocycles. The molecular formula is C14H16N2O. The lowest BCUT2D eigenvalue weighted by molar-refractivity contribution is 0.274. The Bertz CT molecular complexity index is 582. The van der Waals surface area contributed by atoms with Crippen LogP contribution >= 0.6 is 0 Å². The molecule has 0 spiro atoms. The first kappa shape index (κ1) is 10.5. The minimum absolute atomic E-state index is 0.110. The maximum absolute atomic E-state index is 11.7. The van der Waals surface area contributed by atoms with Crippen LogP contribution in [0.1, 0.15) is 12.8 Å². The molecule has 0 N–H and O–H groups in total. The van der Waals surface area contributed by atoms with E-state index in [1.807, 2.05) is 30.5 Å². The molecule has 2 heterocycles. The average molecular weight is 228 g/mol. The molecule has 3 heteroatoms. The van der Waals surface area contributed by atoms with Gasteiger partial charge in [-0.15, -0.1) is 0 Å². The summed E-state index contributed by atoms with van der Waals surface area (Å²) in [5, 5.41) is 0.814. The Morgan fingerprint density at radius 1 is 1.06 bits per heavy atom. The molecule has 1 aliphatic heterocycles. The number of hydrogen-bond acceptors (Lipinski definition) is 2. The van der Waals surface area contributed by atoms with Crippen LogP contribution in [-0.2, 0) is 6.67 Å². The molecule has 1 saturated heterocycles. The molecule has 0 unspecified atom stereocenters. The minimum atomic E-state index is 0.110. The van der Waals surface area contributed by atoms with E-state index in [0.29, 0.717) is 0 Å². The fourth-order valence-corrected chi connectivity index (χ4v) is 2.52. The summed E-state index contributed by atoms with van der Waals surface area (Å²) >= 11 is 0. The van der Waals surface area contributed by atoms with Crippen molar-refractivity contribution in [2.45, 2.75) is 19.5 Å². The second kappa shape index (κ2) is 4.34. The van der Waals surface area contributed by atoms with Crippen molar-refractivity contribution in [1.82, 2.24) is 9.47 Å². The van der Waals surface area contributed by atoms with Crippen LogP contribution in [-0.4, -0.2) is 22.6 Å². The third kappa shape index (κ3) is 1.98. The lowest BCUT2D eigenvalue weighted by Crippen LogP contribution is -2.23. The van der Waals surface area contributed by atoms with Gasteiger partial charge in [0.1, 0.15) is 0 Å². The first-order valence-electron chi connectivity index (χ1n) is 6.15. The van der Waals surface area contributed by atoms with Gasteiger partial charge in [0.05, 0.1) is 12.2 Å². The summed E-state index contributed by atoms with van der Waals surface area (Å²) in [7, 11) is 0. The molecule has 3 nitrogen and oxygen atoms in total. The van der Waals surface area contributed by atoms with E-state index in [0.717, 1.165) is 17.6 Å². The van der Waals surface area contributed by atoms with E-state index in [-0.39, 0.29) is 5.43 Å². The van der Waals surface area contributed by atoms with E-state index in [1.165, 1.54) is 25.9 Å². The van der Waals surface area contributed by atoms with Gasteiger partial charge in [0, 0.05) is 17.6 Å². The van der Waals surface area contributed by atoms with Gasteiger partial charge in [0.25, 0.3) is 0 Å². The average Bonchev–Trinajstić information content (AvgIpc) is 2.86. The zero-order chi connectivity index (χ0) is 11.7. The van der Waals surface area contributed by atoms with Crippen LogP contribution in [0, 0.1) is 0 Å². The van der Waals surface area contributed by atoms with E-state index in [2.05, 4.69) is 9.47 Å². The van der Waals surface area contributed by atoms with Crippen molar-refractivity contribution in [3.05, 3.63) is 46.8 Å². The van der Waals surface area contributed by atoms with Gasteiger partial charge in [-0.05, 0) is 38.1 Å². The van der Waals surface area contributed by atoms with Crippen molar-refractivity contribution in [1.29, 1.82) is 0 Å². The second-order valence-electron chi connectivity index (χ2n) is 4.63. The van der Waals surface area contributed by atoms with E-state index < -0.39 is 0 Å². The Balaban J connectivity index is 2.04. The van der Waals surface area contributed by atoms with Crippen molar-refractivity contribution in [2.24, 2.45) is 0 Å². The normalized spacial score (nSPS) is 16.7. The fraction of sp³-hybridized carbons (Fsp3) is 0.357. The predicted molar refractivity (Wildman–Crippen MR) is 69.0 cm³/mol.